The maximum atomic E-state index is 12.9. The molecule has 4 rings (SSSR count). The Morgan fingerprint density at radius 1 is 1.13 bits per heavy atom. The van der Waals surface area contributed by atoms with Gasteiger partial charge in [-0.25, -0.2) is 0 Å². The summed E-state index contributed by atoms with van der Waals surface area (Å²) < 4.78 is 16.5. The van der Waals surface area contributed by atoms with E-state index >= 15 is 0 Å². The minimum Gasteiger partial charge on any atom is -0.872 e. The van der Waals surface area contributed by atoms with Crippen LogP contribution in [0.3, 0.4) is 0 Å². The predicted octanol–water partition coefficient (Wildman–Crippen LogP) is 2.21. The number of carbonyl (C=O) groups excluding carboxylic acids is 1. The third-order valence-corrected chi connectivity index (χ3v) is 6.01. The van der Waals surface area contributed by atoms with Gasteiger partial charge in [-0.2, -0.15) is 0 Å². The van der Waals surface area contributed by atoms with Crippen LogP contribution in [0.4, 0.5) is 0 Å². The number of ketones is 1. The second-order valence-electron chi connectivity index (χ2n) is 8.08. The number of allylic oxidation sites excluding steroid dienone is 1. The number of carbonyl (C=O) groups is 1. The predicted molar refractivity (Wildman–Crippen MR) is 111 cm³/mol. The number of fused-ring (bicyclic) bond motifs is 1. The second-order valence-corrected chi connectivity index (χ2v) is 8.08. The van der Waals surface area contributed by atoms with Crippen molar-refractivity contribution >= 4 is 11.9 Å². The van der Waals surface area contributed by atoms with Crippen LogP contribution in [0.25, 0.3) is 6.08 Å². The molecule has 2 aromatic rings. The molecular formula is C24H27NO5. The first kappa shape index (κ1) is 20.3. The van der Waals surface area contributed by atoms with Gasteiger partial charge in [-0.15, -0.1) is 0 Å². The zero-order valence-electron chi connectivity index (χ0n) is 17.6. The molecule has 0 bridgehead atoms. The minimum absolute atomic E-state index is 0.0694. The fourth-order valence-corrected chi connectivity index (χ4v) is 4.15. The van der Waals surface area contributed by atoms with Gasteiger partial charge in [0.15, 0.2) is 17.3 Å². The quantitative estimate of drug-likeness (QED) is 0.767. The van der Waals surface area contributed by atoms with E-state index in [0.717, 1.165) is 37.4 Å². The van der Waals surface area contributed by atoms with Gasteiger partial charge in [-0.05, 0) is 48.6 Å². The van der Waals surface area contributed by atoms with Gasteiger partial charge in [0.05, 0.1) is 32.9 Å². The van der Waals surface area contributed by atoms with Crippen molar-refractivity contribution in [2.24, 2.45) is 5.92 Å². The van der Waals surface area contributed by atoms with Crippen LogP contribution in [0.1, 0.15) is 41.3 Å². The average Bonchev–Trinajstić information content (AvgIpc) is 3.07. The van der Waals surface area contributed by atoms with Crippen molar-refractivity contribution in [1.29, 1.82) is 0 Å². The lowest BCUT2D eigenvalue weighted by Crippen LogP contribution is -3.11. The lowest BCUT2D eigenvalue weighted by molar-refractivity contribution is -0.919. The first-order valence-electron chi connectivity index (χ1n) is 10.3. The van der Waals surface area contributed by atoms with Gasteiger partial charge >= 0.3 is 0 Å². The number of hydrogen-bond donors (Lipinski definition) is 1. The third-order valence-electron chi connectivity index (χ3n) is 6.01. The number of Topliss-reactive ketones (excluding diaryl/α,β-unsaturated/α-hetero) is 1. The molecule has 6 nitrogen and oxygen atoms in total. The lowest BCUT2D eigenvalue weighted by Gasteiger charge is -2.29. The molecule has 0 unspecified atom stereocenters. The van der Waals surface area contributed by atoms with Crippen molar-refractivity contribution in [2.75, 3.05) is 27.3 Å². The van der Waals surface area contributed by atoms with E-state index < -0.39 is 0 Å². The van der Waals surface area contributed by atoms with E-state index in [1.54, 1.807) is 38.5 Å². The smallest absolute Gasteiger partial charge is 0.231 e. The molecule has 1 fully saturated rings. The van der Waals surface area contributed by atoms with Crippen LogP contribution in [0.2, 0.25) is 0 Å². The average molecular weight is 409 g/mol. The Bertz CT molecular complexity index is 989. The van der Waals surface area contributed by atoms with E-state index in [0.29, 0.717) is 34.9 Å². The lowest BCUT2D eigenvalue weighted by atomic mass is 9.98. The van der Waals surface area contributed by atoms with E-state index in [9.17, 15) is 9.90 Å². The molecule has 1 saturated heterocycles. The number of benzene rings is 2. The van der Waals surface area contributed by atoms with Gasteiger partial charge in [0.25, 0.3) is 0 Å². The van der Waals surface area contributed by atoms with Gasteiger partial charge in [-0.1, -0.05) is 24.8 Å². The summed E-state index contributed by atoms with van der Waals surface area (Å²) in [5.41, 5.74) is 1.81. The molecule has 2 heterocycles. The molecule has 0 radical (unpaired) electrons. The maximum Gasteiger partial charge on any atom is 0.231 e. The molecule has 30 heavy (non-hydrogen) atoms. The van der Waals surface area contributed by atoms with Crippen LogP contribution in [0, 0.1) is 5.92 Å². The fourth-order valence-electron chi connectivity index (χ4n) is 4.15. The van der Waals surface area contributed by atoms with Crippen LogP contribution in [0.5, 0.6) is 23.0 Å². The number of nitrogens with one attached hydrogen (secondary N) is 1. The number of quaternary nitrogens is 1. The van der Waals surface area contributed by atoms with Gasteiger partial charge in [0.1, 0.15) is 12.3 Å². The summed E-state index contributed by atoms with van der Waals surface area (Å²) in [5.74, 6) is 2.27. The molecule has 2 aliphatic heterocycles. The molecule has 2 aliphatic rings. The fraction of sp³-hybridized carbons (Fsp3) is 0.375. The monoisotopic (exact) mass is 409 g/mol. The molecular weight excluding hydrogens is 382 g/mol. The molecule has 0 atom stereocenters. The molecule has 0 amide bonds. The molecule has 158 valence electrons. The van der Waals surface area contributed by atoms with E-state index in [1.807, 2.05) is 6.07 Å². The summed E-state index contributed by atoms with van der Waals surface area (Å²) in [6, 6.07) is 8.45. The maximum absolute atomic E-state index is 12.9. The Kier molecular flexibility index (Phi) is 5.68. The van der Waals surface area contributed by atoms with E-state index in [-0.39, 0.29) is 17.3 Å². The van der Waals surface area contributed by atoms with Crippen molar-refractivity contribution in [1.82, 2.24) is 0 Å². The van der Waals surface area contributed by atoms with Crippen molar-refractivity contribution in [3.05, 3.63) is 52.8 Å². The Balaban J connectivity index is 1.62. The highest BCUT2D eigenvalue weighted by atomic mass is 16.5. The highest BCUT2D eigenvalue weighted by Gasteiger charge is 2.31. The minimum atomic E-state index is -0.205. The zero-order valence-corrected chi connectivity index (χ0v) is 17.6. The normalized spacial score (nSPS) is 22.0. The van der Waals surface area contributed by atoms with Crippen molar-refractivity contribution in [3.8, 4) is 23.0 Å². The summed E-state index contributed by atoms with van der Waals surface area (Å²) in [5, 5.41) is 12.6. The molecule has 0 aromatic heterocycles. The second kappa shape index (κ2) is 8.40. The highest BCUT2D eigenvalue weighted by Crippen LogP contribution is 2.39. The van der Waals surface area contributed by atoms with Crippen LogP contribution in [-0.4, -0.2) is 33.1 Å². The first-order chi connectivity index (χ1) is 14.5. The molecule has 6 heteroatoms. The van der Waals surface area contributed by atoms with Crippen LogP contribution < -0.4 is 24.2 Å². The summed E-state index contributed by atoms with van der Waals surface area (Å²) in [6.07, 6.45) is 3.99. The Hall–Kier alpha value is -2.99. The molecule has 2 aromatic carbocycles. The molecule has 0 aliphatic carbocycles. The Morgan fingerprint density at radius 2 is 1.87 bits per heavy atom. The molecule has 1 N–H and O–H groups in total. The first-order valence-corrected chi connectivity index (χ1v) is 10.3. The van der Waals surface area contributed by atoms with Crippen molar-refractivity contribution in [2.45, 2.75) is 26.3 Å². The number of piperidine rings is 1. The van der Waals surface area contributed by atoms with Crippen molar-refractivity contribution < 1.29 is 29.0 Å². The SMILES string of the molecule is COc1ccc(/C=C2\Oc3c(ccc([O-])c3C[NH+]3CCC(C)CC3)C2=O)cc1OC. The summed E-state index contributed by atoms with van der Waals surface area (Å²) in [6.45, 7) is 4.92. The van der Waals surface area contributed by atoms with Crippen molar-refractivity contribution in [3.63, 3.8) is 0 Å². The Labute approximate surface area is 176 Å². The van der Waals surface area contributed by atoms with Crippen LogP contribution in [-0.2, 0) is 6.54 Å². The number of methoxy groups -OCH3 is 2. The topological polar surface area (TPSA) is 72.3 Å². The van der Waals surface area contributed by atoms with Crippen LogP contribution >= 0.6 is 0 Å². The number of likely N-dealkylation sites (tertiary alicyclic amines) is 1. The number of rotatable bonds is 5. The third kappa shape index (κ3) is 3.87. The summed E-state index contributed by atoms with van der Waals surface area (Å²) in [7, 11) is 3.14. The molecule has 0 saturated carbocycles. The number of ether oxygens (including phenoxy) is 3. The molecule has 0 spiro atoms. The van der Waals surface area contributed by atoms with Gasteiger partial charge < -0.3 is 24.2 Å². The van der Waals surface area contributed by atoms with Gasteiger partial charge in [0.2, 0.25) is 5.78 Å². The van der Waals surface area contributed by atoms with Crippen LogP contribution in [0.15, 0.2) is 36.1 Å². The van der Waals surface area contributed by atoms with E-state index in [4.69, 9.17) is 14.2 Å². The standard InChI is InChI=1S/C24H27NO5/c1-15-8-10-25(11-9-15)14-18-19(26)6-5-17-23(27)22(30-24(17)18)13-16-4-7-20(28-2)21(12-16)29-3/h4-7,12-13,15,26H,8-11,14H2,1-3H3/b22-13-. The largest absolute Gasteiger partial charge is 0.872 e. The van der Waals surface area contributed by atoms with E-state index in [1.165, 1.54) is 11.0 Å². The zero-order chi connectivity index (χ0) is 21.3. The van der Waals surface area contributed by atoms with Gasteiger partial charge in [-0.3, -0.25) is 4.79 Å². The Morgan fingerprint density at radius 3 is 2.57 bits per heavy atom. The number of hydrogen-bond acceptors (Lipinski definition) is 5. The van der Waals surface area contributed by atoms with E-state index in [2.05, 4.69) is 6.92 Å². The summed E-state index contributed by atoms with van der Waals surface area (Å²) in [4.78, 5) is 14.3. The summed E-state index contributed by atoms with van der Waals surface area (Å²) >= 11 is 0. The highest BCUT2D eigenvalue weighted by molar-refractivity contribution is 6.15. The van der Waals surface area contributed by atoms with Gasteiger partial charge in [0, 0.05) is 5.56 Å².